The smallest absolute Gasteiger partial charge is 0.308 e. The van der Waals surface area contributed by atoms with Crippen molar-refractivity contribution >= 4 is 5.97 Å². The number of rotatable bonds is 1. The van der Waals surface area contributed by atoms with Crippen molar-refractivity contribution in [2.24, 2.45) is 17.8 Å². The molecular weight excluding hydrogens is 748 g/mol. The van der Waals surface area contributed by atoms with Gasteiger partial charge in [-0.1, -0.05) is 40.9 Å². The van der Waals surface area contributed by atoms with Crippen LogP contribution in [0.5, 0.6) is 0 Å². The van der Waals surface area contributed by atoms with E-state index in [0.29, 0.717) is 38.0 Å². The Balaban J connectivity index is 0.904. The van der Waals surface area contributed by atoms with Gasteiger partial charge in [-0.05, 0) is 87.7 Å². The molecule has 0 amide bonds. The molecule has 0 aliphatic carbocycles. The van der Waals surface area contributed by atoms with Crippen molar-refractivity contribution in [1.29, 1.82) is 0 Å². The Bertz CT molecular complexity index is 1640. The molecule has 0 aromatic carbocycles. The minimum Gasteiger partial charge on any atom is -0.459 e. The maximum absolute atomic E-state index is 14.2. The van der Waals surface area contributed by atoms with Crippen molar-refractivity contribution < 1.29 is 61.6 Å². The third kappa shape index (κ3) is 6.21. The molecule has 12 fully saturated rings. The molecule has 23 atom stereocenters. The van der Waals surface area contributed by atoms with Crippen molar-refractivity contribution in [3.05, 3.63) is 24.3 Å². The van der Waals surface area contributed by atoms with E-state index in [0.717, 1.165) is 49.7 Å². The zero-order valence-corrected chi connectivity index (χ0v) is 34.8. The van der Waals surface area contributed by atoms with Gasteiger partial charge in [0.2, 0.25) is 11.6 Å². The average Bonchev–Trinajstić information content (AvgIpc) is 3.84. The zero-order chi connectivity index (χ0) is 39.8. The lowest BCUT2D eigenvalue weighted by molar-refractivity contribution is -0.327. The first-order chi connectivity index (χ1) is 27.9. The summed E-state index contributed by atoms with van der Waals surface area (Å²) in [6.07, 6.45) is 2.94. The third-order valence-electron chi connectivity index (χ3n) is 16.0. The summed E-state index contributed by atoms with van der Waals surface area (Å²) in [5.41, 5.74) is 2.19. The second-order valence-electron chi connectivity index (χ2n) is 19.8. The van der Waals surface area contributed by atoms with Crippen LogP contribution in [-0.2, 0) is 61.6 Å². The van der Waals surface area contributed by atoms with Gasteiger partial charge in [-0.2, -0.15) is 0 Å². The van der Waals surface area contributed by atoms with Crippen molar-refractivity contribution in [2.45, 2.75) is 233 Å². The first-order valence-electron chi connectivity index (χ1n) is 22.8. The van der Waals surface area contributed by atoms with Crippen LogP contribution >= 0.6 is 0 Å². The standard InChI is InChI=1S/C45H64O13/c1-8-29-22(4)17-33-36(52-29)24(6)37-34(51-33)19-32-23(5)20(2)15-26(49-32)9-11-30-21(3)16-28(48-30)13-14-44-43-45(55-25(7)47-43)42(58-44)41-40(57-45)39(56-44)38-31(53-41)12-10-27(50-38)18-35(46)54-37/h20,22,24-34,36-43H,3,5,8-19H2,1-2,4,6-7H3/t20-,22-,24+,25+,26+,27-,28+,29-,30+,31+,32?,33+,34+,36+,37-,38+,39?,40+,41?,42+,43+,44-,45+/m1/s1. The number of hydrogen-bond donors (Lipinski definition) is 0. The van der Waals surface area contributed by atoms with Crippen molar-refractivity contribution in [3.63, 3.8) is 0 Å². The number of carbonyl (C=O) groups excluding carboxylic acids is 1. The largest absolute Gasteiger partial charge is 0.459 e. The Morgan fingerprint density at radius 1 is 0.638 bits per heavy atom. The highest BCUT2D eigenvalue weighted by molar-refractivity contribution is 5.70. The number of esters is 1. The normalized spacial score (nSPS) is 57.5. The molecule has 12 bridgehead atoms. The zero-order valence-electron chi connectivity index (χ0n) is 34.8. The summed E-state index contributed by atoms with van der Waals surface area (Å²) in [5, 5.41) is 0. The average molecular weight is 813 g/mol. The van der Waals surface area contributed by atoms with E-state index in [1.807, 2.05) is 6.92 Å². The lowest BCUT2D eigenvalue weighted by Crippen LogP contribution is -2.63. The molecule has 0 N–H and O–H groups in total. The summed E-state index contributed by atoms with van der Waals surface area (Å²) in [5.74, 6) is -2.03. The van der Waals surface area contributed by atoms with E-state index in [-0.39, 0.29) is 79.2 Å². The molecule has 12 rings (SSSR count). The molecule has 0 aromatic rings. The molecule has 322 valence electrons. The lowest BCUT2D eigenvalue weighted by Gasteiger charge is -2.51. The quantitative estimate of drug-likeness (QED) is 0.242. The summed E-state index contributed by atoms with van der Waals surface area (Å²) in [7, 11) is 0. The van der Waals surface area contributed by atoms with Gasteiger partial charge in [-0.15, -0.1) is 0 Å². The monoisotopic (exact) mass is 812 g/mol. The maximum atomic E-state index is 14.2. The maximum Gasteiger partial charge on any atom is 0.308 e. The highest BCUT2D eigenvalue weighted by atomic mass is 16.9. The second-order valence-corrected chi connectivity index (χ2v) is 19.8. The predicted molar refractivity (Wildman–Crippen MR) is 204 cm³/mol. The summed E-state index contributed by atoms with van der Waals surface area (Å²) in [6.45, 7) is 19.7. The Morgan fingerprint density at radius 3 is 2.26 bits per heavy atom. The molecule has 0 aromatic heterocycles. The summed E-state index contributed by atoms with van der Waals surface area (Å²) in [4.78, 5) is 14.2. The van der Waals surface area contributed by atoms with Gasteiger partial charge in [0, 0.05) is 18.8 Å². The molecule has 0 radical (unpaired) electrons. The van der Waals surface area contributed by atoms with Gasteiger partial charge in [-0.3, -0.25) is 4.79 Å². The third-order valence-corrected chi connectivity index (χ3v) is 16.0. The molecule has 13 heteroatoms. The lowest BCUT2D eigenvalue weighted by atomic mass is 9.78. The van der Waals surface area contributed by atoms with Crippen molar-refractivity contribution in [1.82, 2.24) is 0 Å². The van der Waals surface area contributed by atoms with Crippen LogP contribution in [0, 0.1) is 17.8 Å². The first kappa shape index (κ1) is 39.4. The molecular formula is C45H64O13. The topological polar surface area (TPSA) is 128 Å². The predicted octanol–water partition coefficient (Wildman–Crippen LogP) is 5.59. The van der Waals surface area contributed by atoms with Crippen LogP contribution in [0.4, 0.5) is 0 Å². The fraction of sp³-hybridized carbons (Fsp3) is 0.889. The second kappa shape index (κ2) is 14.5. The SMILES string of the molecule is C=C1C2C[C@@H]3O[C@H]4C[C@@H](C)[C@@H](CC)O[C@H]4[C@H](C)[C@H]3OC(=O)C[C@H]3CC[C@@H]4OC5[C@H]6O[C@]78O[C@@H](C)O[C@H]7[C@](CC[C@H]7CC(=C)[C@H](CC[C@@H](C[C@H]1C)O2)O7)(OC6[C@H]4O3)O[C@@H]58. The fourth-order valence-corrected chi connectivity index (χ4v) is 13.0. The molecule has 12 heterocycles. The number of carbonyl (C=O) groups is 1. The van der Waals surface area contributed by atoms with E-state index < -0.39 is 66.7 Å². The Kier molecular flexibility index (Phi) is 9.87. The first-order valence-corrected chi connectivity index (χ1v) is 22.8. The molecule has 12 saturated heterocycles. The van der Waals surface area contributed by atoms with E-state index in [1.54, 1.807) is 0 Å². The molecule has 2 spiro atoms. The summed E-state index contributed by atoms with van der Waals surface area (Å²) in [6, 6.07) is 0. The highest BCUT2D eigenvalue weighted by Crippen LogP contribution is 2.62. The summed E-state index contributed by atoms with van der Waals surface area (Å²) < 4.78 is 81.5. The number of fused-ring (bicyclic) bond motifs is 7. The van der Waals surface area contributed by atoms with Crippen LogP contribution in [0.1, 0.15) is 112 Å². The van der Waals surface area contributed by atoms with Gasteiger partial charge in [0.05, 0.1) is 67.5 Å². The van der Waals surface area contributed by atoms with Crippen molar-refractivity contribution in [2.75, 3.05) is 0 Å². The van der Waals surface area contributed by atoms with Gasteiger partial charge in [-0.25, -0.2) is 0 Å². The van der Waals surface area contributed by atoms with E-state index in [4.69, 9.17) is 56.8 Å². The van der Waals surface area contributed by atoms with E-state index in [2.05, 4.69) is 40.9 Å². The molecule has 3 unspecified atom stereocenters. The molecule has 13 nitrogen and oxygen atoms in total. The molecule has 0 saturated carbocycles. The van der Waals surface area contributed by atoms with Gasteiger partial charge in [0.1, 0.15) is 36.6 Å². The van der Waals surface area contributed by atoms with Crippen LogP contribution in [-0.4, -0.2) is 128 Å². The van der Waals surface area contributed by atoms with Gasteiger partial charge < -0.3 is 56.8 Å². The van der Waals surface area contributed by atoms with Crippen LogP contribution in [0.3, 0.4) is 0 Å². The van der Waals surface area contributed by atoms with E-state index >= 15 is 0 Å². The van der Waals surface area contributed by atoms with Gasteiger partial charge >= 0.3 is 5.97 Å². The number of hydrogen-bond acceptors (Lipinski definition) is 13. The van der Waals surface area contributed by atoms with E-state index in [9.17, 15) is 4.79 Å². The summed E-state index contributed by atoms with van der Waals surface area (Å²) >= 11 is 0. The molecule has 58 heavy (non-hydrogen) atoms. The van der Waals surface area contributed by atoms with Crippen LogP contribution in [0.25, 0.3) is 0 Å². The Labute approximate surface area is 342 Å². The highest BCUT2D eigenvalue weighted by Gasteiger charge is 2.83. The Hall–Kier alpha value is -1.49. The van der Waals surface area contributed by atoms with Crippen LogP contribution in [0.2, 0.25) is 0 Å². The van der Waals surface area contributed by atoms with E-state index in [1.165, 1.54) is 0 Å². The molecule has 12 aliphatic rings. The van der Waals surface area contributed by atoms with Crippen molar-refractivity contribution in [3.8, 4) is 0 Å². The van der Waals surface area contributed by atoms with Gasteiger partial charge in [0.15, 0.2) is 12.4 Å². The minimum atomic E-state index is -1.15. The van der Waals surface area contributed by atoms with Crippen LogP contribution in [0.15, 0.2) is 24.3 Å². The van der Waals surface area contributed by atoms with Crippen LogP contribution < -0.4 is 0 Å². The number of ether oxygens (including phenoxy) is 12. The molecule has 12 aliphatic heterocycles. The minimum absolute atomic E-state index is 0.0324. The fourth-order valence-electron chi connectivity index (χ4n) is 13.0. The van der Waals surface area contributed by atoms with Gasteiger partial charge in [0.25, 0.3) is 0 Å². The Morgan fingerprint density at radius 2 is 1.41 bits per heavy atom.